The predicted octanol–water partition coefficient (Wildman–Crippen LogP) is 2.78. The minimum absolute atomic E-state index is 0.0849. The van der Waals surface area contributed by atoms with Gasteiger partial charge in [-0.2, -0.15) is 0 Å². The van der Waals surface area contributed by atoms with Gasteiger partial charge in [-0.1, -0.05) is 15.9 Å². The van der Waals surface area contributed by atoms with Crippen LogP contribution in [0, 0.1) is 0 Å². The largest absolute Gasteiger partial charge is 0.496 e. The van der Waals surface area contributed by atoms with Crippen molar-refractivity contribution < 1.29 is 19.4 Å². The van der Waals surface area contributed by atoms with Crippen molar-refractivity contribution in [2.45, 2.75) is 26.3 Å². The van der Waals surface area contributed by atoms with Crippen LogP contribution in [-0.2, 0) is 4.79 Å². The molecule has 0 bridgehead atoms. The number of carbonyl (C=O) groups excluding carboxylic acids is 1. The minimum atomic E-state index is -0.925. The summed E-state index contributed by atoms with van der Waals surface area (Å²) < 4.78 is 6.02. The van der Waals surface area contributed by atoms with Crippen LogP contribution in [0.3, 0.4) is 0 Å². The summed E-state index contributed by atoms with van der Waals surface area (Å²) in [6.07, 6.45) is -0.0849. The monoisotopic (exact) mass is 343 g/mol. The molecule has 1 amide bonds. The van der Waals surface area contributed by atoms with Crippen molar-refractivity contribution in [1.29, 1.82) is 0 Å². The summed E-state index contributed by atoms with van der Waals surface area (Å²) in [5.74, 6) is -0.692. The van der Waals surface area contributed by atoms with Gasteiger partial charge in [0.25, 0.3) is 5.91 Å². The fourth-order valence-electron chi connectivity index (χ4n) is 2.01. The number of carboxylic acid groups (broad SMARTS) is 1. The number of halogens is 1. The Bertz CT molecular complexity index is 504. The number of hydrogen-bond donors (Lipinski definition) is 1. The summed E-state index contributed by atoms with van der Waals surface area (Å²) in [5, 5.41) is 8.85. The fraction of sp³-hybridized carbons (Fsp3) is 0.429. The highest BCUT2D eigenvalue weighted by molar-refractivity contribution is 9.10. The van der Waals surface area contributed by atoms with E-state index in [4.69, 9.17) is 9.84 Å². The Kier molecular flexibility index (Phi) is 6.01. The number of amides is 1. The third-order valence-corrected chi connectivity index (χ3v) is 3.49. The number of ether oxygens (including phenoxy) is 1. The normalized spacial score (nSPS) is 11.8. The van der Waals surface area contributed by atoms with Gasteiger partial charge in [-0.15, -0.1) is 0 Å². The first-order chi connectivity index (χ1) is 9.40. The molecule has 0 aliphatic heterocycles. The maximum absolute atomic E-state index is 12.5. The Hall–Kier alpha value is -1.56. The number of rotatable bonds is 6. The second-order valence-corrected chi connectivity index (χ2v) is 5.30. The number of nitrogens with zero attached hydrogens (tertiary/aromatic N) is 1. The second-order valence-electron chi connectivity index (χ2n) is 4.38. The Morgan fingerprint density at radius 1 is 1.45 bits per heavy atom. The molecule has 0 aliphatic rings. The van der Waals surface area contributed by atoms with Gasteiger partial charge in [0.15, 0.2) is 0 Å². The number of carboxylic acids is 1. The summed E-state index contributed by atoms with van der Waals surface area (Å²) in [6.45, 7) is 3.98. The van der Waals surface area contributed by atoms with Crippen molar-refractivity contribution in [3.63, 3.8) is 0 Å². The average Bonchev–Trinajstić information content (AvgIpc) is 2.38. The van der Waals surface area contributed by atoms with Crippen LogP contribution in [0.5, 0.6) is 5.75 Å². The van der Waals surface area contributed by atoms with Crippen LogP contribution in [-0.4, -0.2) is 41.6 Å². The van der Waals surface area contributed by atoms with Crippen LogP contribution < -0.4 is 4.74 Å². The van der Waals surface area contributed by atoms with E-state index >= 15 is 0 Å². The van der Waals surface area contributed by atoms with Crippen molar-refractivity contribution in [2.75, 3.05) is 13.7 Å². The molecule has 1 aromatic rings. The molecule has 1 rings (SSSR count). The van der Waals surface area contributed by atoms with Crippen LogP contribution in [0.25, 0.3) is 0 Å². The number of methoxy groups -OCH3 is 1. The van der Waals surface area contributed by atoms with E-state index in [9.17, 15) is 9.59 Å². The van der Waals surface area contributed by atoms with Gasteiger partial charge in [-0.05, 0) is 32.0 Å². The van der Waals surface area contributed by atoms with E-state index in [1.165, 1.54) is 12.0 Å². The summed E-state index contributed by atoms with van der Waals surface area (Å²) in [5.41, 5.74) is 0.426. The molecule has 20 heavy (non-hydrogen) atoms. The molecular formula is C14H18BrNO4. The molecule has 110 valence electrons. The second kappa shape index (κ2) is 7.28. The Morgan fingerprint density at radius 2 is 2.10 bits per heavy atom. The standard InChI is InChI=1S/C14H18BrNO4/c1-4-16(9(2)7-13(17)18)14(19)11-6-5-10(15)8-12(11)20-3/h5-6,8-9H,4,7H2,1-3H3,(H,17,18). The van der Waals surface area contributed by atoms with Crippen LogP contribution in [0.1, 0.15) is 30.6 Å². The van der Waals surface area contributed by atoms with E-state index in [-0.39, 0.29) is 18.4 Å². The number of hydrogen-bond acceptors (Lipinski definition) is 3. The van der Waals surface area contributed by atoms with Crippen LogP contribution in [0.2, 0.25) is 0 Å². The van der Waals surface area contributed by atoms with Crippen LogP contribution >= 0.6 is 15.9 Å². The third-order valence-electron chi connectivity index (χ3n) is 3.00. The lowest BCUT2D eigenvalue weighted by Gasteiger charge is -2.27. The molecule has 0 saturated heterocycles. The van der Waals surface area contributed by atoms with Gasteiger partial charge in [0.05, 0.1) is 19.1 Å². The molecule has 0 heterocycles. The van der Waals surface area contributed by atoms with Crippen molar-refractivity contribution in [2.24, 2.45) is 0 Å². The summed E-state index contributed by atoms with van der Waals surface area (Å²) in [7, 11) is 1.50. The lowest BCUT2D eigenvalue weighted by Crippen LogP contribution is -2.39. The Morgan fingerprint density at radius 3 is 2.60 bits per heavy atom. The maximum Gasteiger partial charge on any atom is 0.305 e. The molecule has 0 saturated carbocycles. The maximum atomic E-state index is 12.5. The lowest BCUT2D eigenvalue weighted by molar-refractivity contribution is -0.138. The van der Waals surface area contributed by atoms with Gasteiger partial charge >= 0.3 is 5.97 Å². The molecule has 0 aromatic heterocycles. The molecule has 0 aliphatic carbocycles. The molecule has 5 nitrogen and oxygen atoms in total. The molecule has 1 unspecified atom stereocenters. The summed E-state index contributed by atoms with van der Waals surface area (Å²) in [4.78, 5) is 24.8. The number of benzene rings is 1. The quantitative estimate of drug-likeness (QED) is 0.862. The highest BCUT2D eigenvalue weighted by atomic mass is 79.9. The SMILES string of the molecule is CCN(C(=O)c1ccc(Br)cc1OC)C(C)CC(=O)O. The zero-order valence-electron chi connectivity index (χ0n) is 11.7. The molecule has 1 atom stereocenters. The first kappa shape index (κ1) is 16.5. The van der Waals surface area contributed by atoms with Gasteiger partial charge in [0.1, 0.15) is 5.75 Å². The summed E-state index contributed by atoms with van der Waals surface area (Å²) in [6, 6.07) is 4.76. The molecule has 1 aromatic carbocycles. The van der Waals surface area contributed by atoms with Crippen LogP contribution in [0.4, 0.5) is 0 Å². The van der Waals surface area contributed by atoms with Crippen molar-refractivity contribution in [1.82, 2.24) is 4.90 Å². The molecule has 0 spiro atoms. The Balaban J connectivity index is 3.05. The minimum Gasteiger partial charge on any atom is -0.496 e. The van der Waals surface area contributed by atoms with E-state index < -0.39 is 5.97 Å². The zero-order valence-corrected chi connectivity index (χ0v) is 13.3. The molecule has 1 N–H and O–H groups in total. The molecule has 6 heteroatoms. The topological polar surface area (TPSA) is 66.8 Å². The fourth-order valence-corrected chi connectivity index (χ4v) is 2.35. The smallest absolute Gasteiger partial charge is 0.305 e. The van der Waals surface area contributed by atoms with Crippen molar-refractivity contribution >= 4 is 27.8 Å². The summed E-state index contributed by atoms with van der Waals surface area (Å²) >= 11 is 3.32. The van der Waals surface area contributed by atoms with Crippen LogP contribution in [0.15, 0.2) is 22.7 Å². The lowest BCUT2D eigenvalue weighted by atomic mass is 10.1. The van der Waals surface area contributed by atoms with Gasteiger partial charge in [-0.3, -0.25) is 9.59 Å². The molecule has 0 fully saturated rings. The van der Waals surface area contributed by atoms with Gasteiger partial charge in [0.2, 0.25) is 0 Å². The van der Waals surface area contributed by atoms with E-state index in [2.05, 4.69) is 15.9 Å². The first-order valence-electron chi connectivity index (χ1n) is 6.27. The number of carbonyl (C=O) groups is 2. The Labute approximate surface area is 126 Å². The molecular weight excluding hydrogens is 326 g/mol. The van der Waals surface area contributed by atoms with Gasteiger partial charge < -0.3 is 14.7 Å². The average molecular weight is 344 g/mol. The zero-order chi connectivity index (χ0) is 15.3. The highest BCUT2D eigenvalue weighted by Gasteiger charge is 2.24. The predicted molar refractivity (Wildman–Crippen MR) is 79.1 cm³/mol. The van der Waals surface area contributed by atoms with E-state index in [1.807, 2.05) is 6.92 Å². The number of aliphatic carboxylic acids is 1. The highest BCUT2D eigenvalue weighted by Crippen LogP contribution is 2.25. The van der Waals surface area contributed by atoms with Gasteiger partial charge in [-0.25, -0.2) is 0 Å². The van der Waals surface area contributed by atoms with E-state index in [1.54, 1.807) is 25.1 Å². The van der Waals surface area contributed by atoms with Crippen molar-refractivity contribution in [3.8, 4) is 5.75 Å². The van der Waals surface area contributed by atoms with E-state index in [0.29, 0.717) is 17.9 Å². The first-order valence-corrected chi connectivity index (χ1v) is 7.06. The third kappa shape index (κ3) is 3.96. The van der Waals surface area contributed by atoms with Gasteiger partial charge in [0, 0.05) is 17.1 Å². The van der Waals surface area contributed by atoms with Crippen molar-refractivity contribution in [3.05, 3.63) is 28.2 Å². The van der Waals surface area contributed by atoms with E-state index in [0.717, 1.165) is 4.47 Å². The molecule has 0 radical (unpaired) electrons.